The van der Waals surface area contributed by atoms with E-state index in [1.807, 2.05) is 42.5 Å². The van der Waals surface area contributed by atoms with Crippen LogP contribution in [0.1, 0.15) is 22.7 Å². The second-order valence-electron chi connectivity index (χ2n) is 7.77. The van der Waals surface area contributed by atoms with E-state index in [0.717, 1.165) is 37.3 Å². The second-order valence-corrected chi connectivity index (χ2v) is 7.77. The van der Waals surface area contributed by atoms with Gasteiger partial charge in [-0.3, -0.25) is 15.0 Å². The van der Waals surface area contributed by atoms with Crippen molar-refractivity contribution >= 4 is 12.0 Å². The molecule has 9 nitrogen and oxygen atoms in total. The van der Waals surface area contributed by atoms with Crippen LogP contribution in [0, 0.1) is 0 Å². The molecule has 2 aromatic rings. The molecule has 1 atom stereocenters. The first kappa shape index (κ1) is 23.7. The van der Waals surface area contributed by atoms with Crippen LogP contribution in [-0.2, 0) is 16.1 Å². The highest BCUT2D eigenvalue weighted by molar-refractivity contribution is 5.70. The fourth-order valence-corrected chi connectivity index (χ4v) is 3.90. The number of rotatable bonds is 10. The fraction of sp³-hybridized carbons (Fsp3) is 0.391. The van der Waals surface area contributed by atoms with Gasteiger partial charge in [0.2, 0.25) is 0 Å². The predicted octanol–water partition coefficient (Wildman–Crippen LogP) is 1.76. The van der Waals surface area contributed by atoms with Crippen molar-refractivity contribution in [2.75, 3.05) is 45.9 Å². The summed E-state index contributed by atoms with van der Waals surface area (Å²) in [6.45, 7) is 4.37. The quantitative estimate of drug-likeness (QED) is 0.291. The van der Waals surface area contributed by atoms with Crippen molar-refractivity contribution in [2.45, 2.75) is 12.6 Å². The van der Waals surface area contributed by atoms with E-state index < -0.39 is 12.0 Å². The number of carboxylic acid groups (broad SMARTS) is 1. The van der Waals surface area contributed by atoms with Gasteiger partial charge in [-0.05, 0) is 16.7 Å². The molecule has 1 heterocycles. The summed E-state index contributed by atoms with van der Waals surface area (Å²) in [6, 6.07) is 17.3. The Morgan fingerprint density at radius 2 is 1.62 bits per heavy atom. The van der Waals surface area contributed by atoms with Gasteiger partial charge in [-0.25, -0.2) is 14.7 Å². The molecule has 0 saturated carbocycles. The molecule has 1 aliphatic heterocycles. The molecule has 32 heavy (non-hydrogen) atoms. The van der Waals surface area contributed by atoms with E-state index in [1.54, 1.807) is 0 Å². The van der Waals surface area contributed by atoms with Crippen LogP contribution < -0.4 is 5.73 Å². The Kier molecular flexibility index (Phi) is 8.57. The number of amides is 2. The Balaban J connectivity index is 1.66. The van der Waals surface area contributed by atoms with E-state index in [0.29, 0.717) is 18.2 Å². The summed E-state index contributed by atoms with van der Waals surface area (Å²) < 4.78 is 5.16. The van der Waals surface area contributed by atoms with Crippen molar-refractivity contribution in [3.05, 3.63) is 71.3 Å². The lowest BCUT2D eigenvalue weighted by Crippen LogP contribution is -2.48. The number of ether oxygens (including phenoxy) is 1. The smallest absolute Gasteiger partial charge is 0.338 e. The number of piperazine rings is 1. The summed E-state index contributed by atoms with van der Waals surface area (Å²) in [6.07, 6.45) is 0. The number of hydroxylamine groups is 2. The van der Waals surface area contributed by atoms with Gasteiger partial charge in [-0.15, -0.1) is 0 Å². The van der Waals surface area contributed by atoms with Gasteiger partial charge >= 0.3 is 12.0 Å². The molecular formula is C23H30N4O5. The minimum absolute atomic E-state index is 0.0360. The largest absolute Gasteiger partial charge is 0.480 e. The Hall–Kier alpha value is -2.98. The molecule has 2 aromatic carbocycles. The Labute approximate surface area is 187 Å². The molecule has 0 bridgehead atoms. The van der Waals surface area contributed by atoms with Gasteiger partial charge in [-0.2, -0.15) is 0 Å². The molecule has 1 unspecified atom stereocenters. The number of benzene rings is 2. The van der Waals surface area contributed by atoms with Crippen LogP contribution >= 0.6 is 0 Å². The maximum absolute atomic E-state index is 11.1. The molecule has 1 aliphatic rings. The first-order chi connectivity index (χ1) is 15.4. The van der Waals surface area contributed by atoms with Crippen molar-refractivity contribution in [3.63, 3.8) is 0 Å². The number of carbonyl (C=O) groups is 2. The number of carbonyl (C=O) groups excluding carboxylic acids is 1. The zero-order valence-corrected chi connectivity index (χ0v) is 18.0. The zero-order chi connectivity index (χ0) is 22.9. The lowest BCUT2D eigenvalue weighted by Gasteiger charge is -2.39. The minimum Gasteiger partial charge on any atom is -0.480 e. The van der Waals surface area contributed by atoms with E-state index in [9.17, 15) is 14.8 Å². The van der Waals surface area contributed by atoms with E-state index >= 15 is 0 Å². The number of nitrogens with zero attached hydrogens (tertiary/aromatic N) is 3. The predicted molar refractivity (Wildman–Crippen MR) is 118 cm³/mol. The molecule has 2 amide bonds. The average molecular weight is 443 g/mol. The third-order valence-corrected chi connectivity index (χ3v) is 5.55. The van der Waals surface area contributed by atoms with Crippen molar-refractivity contribution < 1.29 is 24.6 Å². The number of hydrogen-bond acceptors (Lipinski definition) is 6. The van der Waals surface area contributed by atoms with Gasteiger partial charge in [0.05, 0.1) is 19.2 Å². The topological polar surface area (TPSA) is 120 Å². The number of primary amides is 1. The molecule has 172 valence electrons. The molecule has 0 spiro atoms. The fourth-order valence-electron chi connectivity index (χ4n) is 3.90. The van der Waals surface area contributed by atoms with Crippen LogP contribution in [0.15, 0.2) is 54.6 Å². The second kappa shape index (κ2) is 11.6. The van der Waals surface area contributed by atoms with Crippen LogP contribution in [0.5, 0.6) is 0 Å². The van der Waals surface area contributed by atoms with E-state index in [2.05, 4.69) is 21.9 Å². The van der Waals surface area contributed by atoms with Crippen LogP contribution in [-0.4, -0.2) is 83.1 Å². The maximum atomic E-state index is 11.1. The Bertz CT molecular complexity index is 870. The number of hydrogen-bond donors (Lipinski definition) is 3. The van der Waals surface area contributed by atoms with E-state index in [1.165, 1.54) is 5.56 Å². The summed E-state index contributed by atoms with van der Waals surface area (Å²) in [5, 5.41) is 18.7. The van der Waals surface area contributed by atoms with Gasteiger partial charge < -0.3 is 15.6 Å². The first-order valence-electron chi connectivity index (χ1n) is 10.6. The van der Waals surface area contributed by atoms with Crippen molar-refractivity contribution in [1.82, 2.24) is 14.9 Å². The summed E-state index contributed by atoms with van der Waals surface area (Å²) in [7, 11) is 0. The highest BCUT2D eigenvalue weighted by atomic mass is 16.5. The molecule has 4 N–H and O–H groups in total. The highest BCUT2D eigenvalue weighted by Gasteiger charge is 2.26. The van der Waals surface area contributed by atoms with Crippen molar-refractivity contribution in [3.8, 4) is 0 Å². The highest BCUT2D eigenvalue weighted by Crippen LogP contribution is 2.30. The monoisotopic (exact) mass is 442 g/mol. The molecule has 0 radical (unpaired) electrons. The summed E-state index contributed by atoms with van der Waals surface area (Å²) in [5.41, 5.74) is 8.20. The minimum atomic E-state index is -0.951. The SMILES string of the molecule is NC(=O)N(O)Cc1ccc(C(c2ccccc2)N2CCN(CCOCC(=O)O)CC2)cc1. The number of aliphatic carboxylic acids is 1. The van der Waals surface area contributed by atoms with Gasteiger partial charge in [0.1, 0.15) is 6.61 Å². The van der Waals surface area contributed by atoms with E-state index in [-0.39, 0.29) is 19.2 Å². The van der Waals surface area contributed by atoms with Gasteiger partial charge in [0.15, 0.2) is 0 Å². The van der Waals surface area contributed by atoms with Crippen LogP contribution in [0.4, 0.5) is 4.79 Å². The van der Waals surface area contributed by atoms with Gasteiger partial charge in [0, 0.05) is 32.7 Å². The molecular weight excluding hydrogens is 412 g/mol. The van der Waals surface area contributed by atoms with Crippen LogP contribution in [0.3, 0.4) is 0 Å². The van der Waals surface area contributed by atoms with Gasteiger partial charge in [-0.1, -0.05) is 54.6 Å². The third kappa shape index (κ3) is 6.76. The summed E-state index contributed by atoms with van der Waals surface area (Å²) in [4.78, 5) is 26.3. The first-order valence-corrected chi connectivity index (χ1v) is 10.6. The van der Waals surface area contributed by atoms with E-state index in [4.69, 9.17) is 15.6 Å². The van der Waals surface area contributed by atoms with Gasteiger partial charge in [0.25, 0.3) is 0 Å². The molecule has 0 aromatic heterocycles. The zero-order valence-electron chi connectivity index (χ0n) is 18.0. The van der Waals surface area contributed by atoms with Crippen LogP contribution in [0.2, 0.25) is 0 Å². The Morgan fingerprint density at radius 1 is 1.00 bits per heavy atom. The summed E-state index contributed by atoms with van der Waals surface area (Å²) in [5.74, 6) is -0.951. The Morgan fingerprint density at radius 3 is 2.22 bits per heavy atom. The number of nitrogens with two attached hydrogens (primary N) is 1. The lowest BCUT2D eigenvalue weighted by molar-refractivity contribution is -0.142. The van der Waals surface area contributed by atoms with Crippen molar-refractivity contribution in [1.29, 1.82) is 0 Å². The molecule has 0 aliphatic carbocycles. The van der Waals surface area contributed by atoms with Crippen LogP contribution in [0.25, 0.3) is 0 Å². The third-order valence-electron chi connectivity index (χ3n) is 5.55. The lowest BCUT2D eigenvalue weighted by atomic mass is 9.95. The normalized spacial score (nSPS) is 15.9. The molecule has 1 saturated heterocycles. The van der Waals surface area contributed by atoms with Crippen molar-refractivity contribution in [2.24, 2.45) is 5.73 Å². The molecule has 3 rings (SSSR count). The number of carboxylic acids is 1. The molecule has 1 fully saturated rings. The standard InChI is InChI=1S/C23H30N4O5/c24-23(30)27(31)16-18-6-8-20(9-7-18)22(19-4-2-1-3-5-19)26-12-10-25(11-13-26)14-15-32-17-21(28)29/h1-9,22,31H,10-17H2,(H2,24,30)(H,28,29). The maximum Gasteiger partial charge on any atom is 0.338 e. The summed E-state index contributed by atoms with van der Waals surface area (Å²) >= 11 is 0. The number of urea groups is 1. The molecule has 9 heteroatoms. The average Bonchev–Trinajstić information content (AvgIpc) is 2.79.